The topological polar surface area (TPSA) is 63.3 Å². The van der Waals surface area contributed by atoms with Gasteiger partial charge in [-0.15, -0.1) is 0 Å². The summed E-state index contributed by atoms with van der Waals surface area (Å²) in [6.07, 6.45) is 5.51. The van der Waals surface area contributed by atoms with Crippen LogP contribution in [0.5, 0.6) is 0 Å². The zero-order chi connectivity index (χ0) is 8.27. The first-order valence-corrected chi connectivity index (χ1v) is 4.20. The molecule has 1 fully saturated rings. The molecule has 0 aromatic heterocycles. The van der Waals surface area contributed by atoms with E-state index >= 15 is 0 Å². The maximum atomic E-state index is 10.5. The van der Waals surface area contributed by atoms with Gasteiger partial charge in [-0.25, -0.2) is 0 Å². The highest BCUT2D eigenvalue weighted by Crippen LogP contribution is 2.25. The highest BCUT2D eigenvalue weighted by Gasteiger charge is 2.25. The van der Waals surface area contributed by atoms with Gasteiger partial charge in [0, 0.05) is 0 Å². The summed E-state index contributed by atoms with van der Waals surface area (Å²) >= 11 is 0. The number of carboxylic acids is 1. The molecule has 1 saturated carbocycles. The van der Waals surface area contributed by atoms with Gasteiger partial charge in [-0.3, -0.25) is 4.79 Å². The van der Waals surface area contributed by atoms with Gasteiger partial charge >= 0.3 is 5.97 Å². The number of carbonyl (C=O) groups is 1. The lowest BCUT2D eigenvalue weighted by Crippen LogP contribution is -2.38. The molecule has 0 radical (unpaired) electrons. The first-order chi connectivity index (χ1) is 5.22. The van der Waals surface area contributed by atoms with Crippen LogP contribution >= 0.6 is 13.5 Å². The molecule has 1 aliphatic carbocycles. The fourth-order valence-corrected chi connectivity index (χ4v) is 1.69. The van der Waals surface area contributed by atoms with Gasteiger partial charge in [0.25, 0.3) is 0 Å². The molecule has 0 heterocycles. The van der Waals surface area contributed by atoms with Gasteiger partial charge < -0.3 is 10.8 Å². The number of carboxylic acid groups (broad SMARTS) is 1. The van der Waals surface area contributed by atoms with Crippen molar-refractivity contribution in [2.45, 2.75) is 38.1 Å². The Morgan fingerprint density at radius 1 is 1.33 bits per heavy atom. The van der Waals surface area contributed by atoms with Crippen LogP contribution in [0.15, 0.2) is 0 Å². The van der Waals surface area contributed by atoms with Crippen molar-refractivity contribution in [3.8, 4) is 0 Å². The Morgan fingerprint density at radius 3 is 2.25 bits per heavy atom. The predicted molar refractivity (Wildman–Crippen MR) is 52.6 cm³/mol. The number of nitrogens with two attached hydrogens (primary N) is 1. The first kappa shape index (κ1) is 11.8. The maximum absolute atomic E-state index is 10.5. The second-order valence-electron chi connectivity index (χ2n) is 3.26. The molecule has 3 N–H and O–H groups in total. The number of hydrogen-bond acceptors (Lipinski definition) is 2. The van der Waals surface area contributed by atoms with E-state index in [1.807, 2.05) is 0 Å². The van der Waals surface area contributed by atoms with Crippen LogP contribution in [0.2, 0.25) is 0 Å². The van der Waals surface area contributed by atoms with E-state index < -0.39 is 12.0 Å². The standard InChI is InChI=1S/C8H15NO2.H2S/c9-7(8(10)11)6-4-2-1-3-5-6;/h6-7H,1-5,9H2,(H,10,11);1H2/t7-;/m0./s1. The van der Waals surface area contributed by atoms with Gasteiger partial charge in [0.2, 0.25) is 0 Å². The van der Waals surface area contributed by atoms with Gasteiger partial charge in [-0.1, -0.05) is 19.3 Å². The van der Waals surface area contributed by atoms with Gasteiger partial charge in [0.05, 0.1) is 0 Å². The summed E-state index contributed by atoms with van der Waals surface area (Å²) in [7, 11) is 0. The average Bonchev–Trinajstić information content (AvgIpc) is 2.05. The number of aliphatic carboxylic acids is 1. The molecular weight excluding hydrogens is 174 g/mol. The minimum absolute atomic E-state index is 0. The smallest absolute Gasteiger partial charge is 0.320 e. The van der Waals surface area contributed by atoms with E-state index in [-0.39, 0.29) is 19.4 Å². The lowest BCUT2D eigenvalue weighted by atomic mass is 9.84. The van der Waals surface area contributed by atoms with Gasteiger partial charge in [0.1, 0.15) is 6.04 Å². The second-order valence-corrected chi connectivity index (χ2v) is 3.26. The summed E-state index contributed by atoms with van der Waals surface area (Å²) < 4.78 is 0. The molecule has 1 atom stereocenters. The van der Waals surface area contributed by atoms with Crippen molar-refractivity contribution >= 4 is 19.5 Å². The van der Waals surface area contributed by atoms with Crippen LogP contribution in [0.3, 0.4) is 0 Å². The molecule has 72 valence electrons. The van der Waals surface area contributed by atoms with Gasteiger partial charge in [0.15, 0.2) is 0 Å². The van der Waals surface area contributed by atoms with E-state index in [9.17, 15) is 4.79 Å². The fourth-order valence-electron chi connectivity index (χ4n) is 1.69. The molecule has 0 aliphatic heterocycles. The third-order valence-corrected chi connectivity index (χ3v) is 2.44. The van der Waals surface area contributed by atoms with Crippen LogP contribution in [0.4, 0.5) is 0 Å². The average molecular weight is 191 g/mol. The second kappa shape index (κ2) is 5.43. The van der Waals surface area contributed by atoms with Crippen LogP contribution < -0.4 is 5.73 Å². The van der Waals surface area contributed by atoms with Crippen molar-refractivity contribution in [2.75, 3.05) is 0 Å². The third-order valence-electron chi connectivity index (χ3n) is 2.44. The monoisotopic (exact) mass is 191 g/mol. The van der Waals surface area contributed by atoms with Crippen LogP contribution in [-0.4, -0.2) is 17.1 Å². The molecule has 4 heteroatoms. The Morgan fingerprint density at radius 2 is 1.83 bits per heavy atom. The quantitative estimate of drug-likeness (QED) is 0.687. The fraction of sp³-hybridized carbons (Fsp3) is 0.875. The zero-order valence-electron chi connectivity index (χ0n) is 7.12. The molecule has 0 saturated heterocycles. The van der Waals surface area contributed by atoms with Crippen LogP contribution in [0.25, 0.3) is 0 Å². The molecule has 1 aliphatic rings. The van der Waals surface area contributed by atoms with Crippen molar-refractivity contribution in [2.24, 2.45) is 11.7 Å². The molecule has 0 unspecified atom stereocenters. The van der Waals surface area contributed by atoms with Gasteiger partial charge in [-0.05, 0) is 18.8 Å². The molecule has 0 spiro atoms. The third kappa shape index (κ3) is 3.03. The minimum atomic E-state index is -0.850. The SMILES string of the molecule is N[C@H](C(=O)O)C1CCCCC1.S. The summed E-state index contributed by atoms with van der Waals surface area (Å²) in [5.74, 6) is -0.627. The van der Waals surface area contributed by atoms with E-state index in [0.717, 1.165) is 25.7 Å². The minimum Gasteiger partial charge on any atom is -0.480 e. The van der Waals surface area contributed by atoms with Crippen molar-refractivity contribution < 1.29 is 9.90 Å². The highest BCUT2D eigenvalue weighted by atomic mass is 32.1. The first-order valence-electron chi connectivity index (χ1n) is 4.20. The largest absolute Gasteiger partial charge is 0.480 e. The van der Waals surface area contributed by atoms with Crippen molar-refractivity contribution in [1.29, 1.82) is 0 Å². The number of rotatable bonds is 2. The summed E-state index contributed by atoms with van der Waals surface area (Å²) in [5, 5.41) is 8.61. The van der Waals surface area contributed by atoms with E-state index in [2.05, 4.69) is 0 Å². The van der Waals surface area contributed by atoms with Crippen LogP contribution in [0.1, 0.15) is 32.1 Å². The van der Waals surface area contributed by atoms with E-state index in [1.54, 1.807) is 0 Å². The molecule has 0 bridgehead atoms. The molecule has 0 aromatic rings. The van der Waals surface area contributed by atoms with E-state index in [4.69, 9.17) is 10.8 Å². The van der Waals surface area contributed by atoms with Crippen molar-refractivity contribution in [1.82, 2.24) is 0 Å². The lowest BCUT2D eigenvalue weighted by Gasteiger charge is -2.24. The Labute approximate surface area is 79.8 Å². The van der Waals surface area contributed by atoms with Crippen LogP contribution in [0, 0.1) is 5.92 Å². The Balaban J connectivity index is 0.00000121. The summed E-state index contributed by atoms with van der Waals surface area (Å²) in [6, 6.07) is -0.629. The van der Waals surface area contributed by atoms with Crippen molar-refractivity contribution in [3.63, 3.8) is 0 Å². The zero-order valence-corrected chi connectivity index (χ0v) is 8.12. The van der Waals surface area contributed by atoms with Crippen molar-refractivity contribution in [3.05, 3.63) is 0 Å². The molecule has 1 rings (SSSR count). The van der Waals surface area contributed by atoms with Gasteiger partial charge in [-0.2, -0.15) is 13.5 Å². The summed E-state index contributed by atoms with van der Waals surface area (Å²) in [5.41, 5.74) is 5.49. The summed E-state index contributed by atoms with van der Waals surface area (Å²) in [4.78, 5) is 10.5. The Hall–Kier alpha value is -0.220. The van der Waals surface area contributed by atoms with E-state index in [1.165, 1.54) is 6.42 Å². The molecular formula is C8H17NO2S. The lowest BCUT2D eigenvalue weighted by molar-refractivity contribution is -0.140. The maximum Gasteiger partial charge on any atom is 0.320 e. The molecule has 3 nitrogen and oxygen atoms in total. The number of hydrogen-bond donors (Lipinski definition) is 2. The summed E-state index contributed by atoms with van der Waals surface area (Å²) in [6.45, 7) is 0. The molecule has 0 aromatic carbocycles. The Bertz CT molecular complexity index is 146. The molecule has 0 amide bonds. The van der Waals surface area contributed by atoms with Crippen LogP contribution in [-0.2, 0) is 4.79 Å². The Kier molecular flexibility index (Phi) is 5.33. The normalized spacial score (nSPS) is 21.1. The van der Waals surface area contributed by atoms with E-state index in [0.29, 0.717) is 0 Å². The molecule has 12 heavy (non-hydrogen) atoms. The highest BCUT2D eigenvalue weighted by molar-refractivity contribution is 7.59. The predicted octanol–water partition coefficient (Wildman–Crippen LogP) is 1.09.